The maximum absolute atomic E-state index is 14.8. The Morgan fingerprint density at radius 2 is 1.32 bits per heavy atom. The number of ether oxygens (including phenoxy) is 13. The minimum Gasteiger partial charge on any atom is -0.462 e. The number of hydrogen-bond acceptors (Lipinski definition) is 28. The first-order valence-corrected chi connectivity index (χ1v) is 32.6. The highest BCUT2D eigenvalue weighted by Crippen LogP contribution is 2.77. The van der Waals surface area contributed by atoms with Crippen molar-refractivity contribution in [1.29, 1.82) is 0 Å². The molecule has 0 aromatic rings. The van der Waals surface area contributed by atoms with Gasteiger partial charge < -0.3 is 113 Å². The lowest BCUT2D eigenvalue weighted by Crippen LogP contribution is -2.67. The predicted octanol–water partition coefficient (Wildman–Crippen LogP) is -0.917. The van der Waals surface area contributed by atoms with Gasteiger partial charge in [-0.3, -0.25) is 14.1 Å². The predicted molar refractivity (Wildman–Crippen MR) is 302 cm³/mol. The van der Waals surface area contributed by atoms with E-state index >= 15 is 0 Å². The SMILES string of the molecule is C=C(C)CCC[C@]1(C)OC(=O)[C@]23CCC4C(=CCC5C(C)(C)[C@@H](O[C@@H]6OC[C@@H](OS(=O)(=O)O)[C@H](O)[C@H]6O[C@@H]6O[C@H](C)[C@@H](O[C@@H]7OC[C@@H](O)[C@H](O[C@@H]8O[C@H](CO)[C@@H](O)[C@H](OC)[C@H]8O)[C@H]7O)[C@H](O)[C@H]6O[C@@H]6OC[C@@H](O)[C@H](O)[C@H]6O)CC[C@]45C)[C@]2(C)C[C@H](OC(C)=O)[C@@H]31. The number of aliphatic hydroxyl groups is 10. The first-order chi connectivity index (χ1) is 42.2. The van der Waals surface area contributed by atoms with Gasteiger partial charge in [0.05, 0.1) is 50.0 Å². The molecule has 6 saturated heterocycles. The molecule has 10 aliphatic rings. The highest BCUT2D eigenvalue weighted by molar-refractivity contribution is 7.80. The Kier molecular flexibility index (Phi) is 20.7. The molecule has 6 aliphatic heterocycles. The van der Waals surface area contributed by atoms with Crippen LogP contribution in [0.1, 0.15) is 113 Å². The number of cyclic esters (lactones) is 1. The summed E-state index contributed by atoms with van der Waals surface area (Å²) in [7, 11) is -4.07. The monoisotopic (exact) mass is 1310 g/mol. The Morgan fingerprint density at radius 3 is 1.98 bits per heavy atom. The van der Waals surface area contributed by atoms with E-state index in [1.807, 2.05) is 13.8 Å². The molecule has 0 amide bonds. The number of fused-ring (bicyclic) bond motifs is 4. The van der Waals surface area contributed by atoms with Crippen molar-refractivity contribution >= 4 is 22.3 Å². The summed E-state index contributed by atoms with van der Waals surface area (Å²) < 4.78 is 118. The molecule has 0 aromatic carbocycles. The van der Waals surface area contributed by atoms with Crippen LogP contribution in [0, 0.1) is 39.4 Å². The van der Waals surface area contributed by atoms with Crippen molar-refractivity contribution in [3.05, 3.63) is 23.8 Å². The Balaban J connectivity index is 0.905. The third-order valence-electron chi connectivity index (χ3n) is 22.0. The van der Waals surface area contributed by atoms with Crippen LogP contribution in [0.5, 0.6) is 0 Å². The van der Waals surface area contributed by atoms with Gasteiger partial charge in [-0.1, -0.05) is 44.9 Å². The van der Waals surface area contributed by atoms with Crippen LogP contribution in [0.2, 0.25) is 0 Å². The van der Waals surface area contributed by atoms with Crippen LogP contribution in [0.25, 0.3) is 0 Å². The van der Waals surface area contributed by atoms with Crippen LogP contribution >= 0.6 is 0 Å². The standard InChI is InChI=1S/C60H94O29S/c1-25(2)12-11-17-59(9)49-32(81-27(4)62)20-58(8)29-13-14-35-56(5,6)36(16-18-57(35,7)28(29)15-19-60(49,58)55(72)88-59)83-53-47(39(67)34(24-79-53)89-90(73,74)75)87-54-48(86-50-40(68)37(65)30(63)22-77-50)41(69)44(26(3)80-54)84-51-42(70)45(31(64)23-78-51)85-52-43(71)46(76-10)38(66)33(21-61)82-52/h13,26,28,30-54,61,63-71H,1,11-12,14-24H2,2-10H3,(H,73,74,75)/t26-,28?,30-,31-,32+,33-,34-,35?,36+,37+,38-,39+,40-,41+,42-,43-,44-,45+,46+,47-,48-,49-,50+,51+,52+,53+,54+,57-,58+,59+,60-/m1/s1. The van der Waals surface area contributed by atoms with E-state index in [4.69, 9.17) is 65.8 Å². The van der Waals surface area contributed by atoms with E-state index in [-0.39, 0.29) is 29.1 Å². The van der Waals surface area contributed by atoms with Crippen molar-refractivity contribution in [2.24, 2.45) is 39.4 Å². The van der Waals surface area contributed by atoms with Gasteiger partial charge in [-0.05, 0) is 101 Å². The van der Waals surface area contributed by atoms with Crippen LogP contribution in [-0.4, -0.2) is 263 Å². The summed E-state index contributed by atoms with van der Waals surface area (Å²) in [5.74, 6) is -1.16. The maximum atomic E-state index is 14.8. The van der Waals surface area contributed by atoms with Gasteiger partial charge in [-0.2, -0.15) is 8.42 Å². The van der Waals surface area contributed by atoms with Crippen molar-refractivity contribution in [3.8, 4) is 0 Å². The molecule has 3 saturated carbocycles. The molecule has 0 aromatic heterocycles. The maximum Gasteiger partial charge on any atom is 0.397 e. The van der Waals surface area contributed by atoms with E-state index in [2.05, 4.69) is 40.3 Å². The van der Waals surface area contributed by atoms with Crippen LogP contribution in [0.4, 0.5) is 0 Å². The second-order valence-electron chi connectivity index (χ2n) is 28.0. The van der Waals surface area contributed by atoms with E-state index in [1.54, 1.807) is 0 Å². The van der Waals surface area contributed by atoms with Crippen molar-refractivity contribution in [3.63, 3.8) is 0 Å². The van der Waals surface area contributed by atoms with Crippen LogP contribution in [0.15, 0.2) is 23.8 Å². The molecule has 29 nitrogen and oxygen atoms in total. The largest absolute Gasteiger partial charge is 0.462 e. The number of methoxy groups -OCH3 is 1. The average molecular weight is 1310 g/mol. The van der Waals surface area contributed by atoms with Gasteiger partial charge in [0.2, 0.25) is 0 Å². The number of carbonyl (C=O) groups is 2. The van der Waals surface area contributed by atoms with E-state index in [0.29, 0.717) is 44.9 Å². The topological polar surface area (TPSA) is 420 Å². The third-order valence-corrected chi connectivity index (χ3v) is 22.5. The van der Waals surface area contributed by atoms with Gasteiger partial charge >= 0.3 is 22.3 Å². The third kappa shape index (κ3) is 12.5. The van der Waals surface area contributed by atoms with Crippen molar-refractivity contribution in [1.82, 2.24) is 0 Å². The van der Waals surface area contributed by atoms with Crippen LogP contribution in [0.3, 0.4) is 0 Å². The number of hydrogen-bond donors (Lipinski definition) is 11. The molecule has 30 heteroatoms. The number of rotatable bonds is 19. The van der Waals surface area contributed by atoms with Gasteiger partial charge in [0.1, 0.15) is 109 Å². The van der Waals surface area contributed by atoms with Crippen molar-refractivity contribution in [2.75, 3.05) is 33.5 Å². The highest BCUT2D eigenvalue weighted by atomic mass is 32.3. The summed E-state index contributed by atoms with van der Waals surface area (Å²) in [6.07, 6.45) is -31.4. The van der Waals surface area contributed by atoms with Gasteiger partial charge in [0, 0.05) is 19.4 Å². The fourth-order valence-electron chi connectivity index (χ4n) is 17.6. The Bertz CT molecular complexity index is 2720. The van der Waals surface area contributed by atoms with E-state index in [0.717, 1.165) is 24.0 Å². The normalized spacial score (nSPS) is 50.2. The second-order valence-corrected chi connectivity index (χ2v) is 29.0. The van der Waals surface area contributed by atoms with E-state index in [9.17, 15) is 73.6 Å². The molecule has 0 radical (unpaired) electrons. The fourth-order valence-corrected chi connectivity index (χ4v) is 18.0. The Labute approximate surface area is 523 Å². The Hall–Kier alpha value is -2.55. The smallest absolute Gasteiger partial charge is 0.397 e. The number of carbonyl (C=O) groups excluding carboxylic acids is 2. The lowest BCUT2D eigenvalue weighted by molar-refractivity contribution is -0.399. The summed E-state index contributed by atoms with van der Waals surface area (Å²) >= 11 is 0. The molecule has 9 fully saturated rings. The quantitative estimate of drug-likeness (QED) is 0.0423. The van der Waals surface area contributed by atoms with Crippen LogP contribution in [-0.2, 0) is 85.8 Å². The lowest BCUT2D eigenvalue weighted by Gasteiger charge is -2.64. The molecule has 514 valence electrons. The van der Waals surface area contributed by atoms with Crippen molar-refractivity contribution < 1.29 is 139 Å². The summed E-state index contributed by atoms with van der Waals surface area (Å²) in [6.45, 7) is 16.8. The molecule has 1 spiro atoms. The van der Waals surface area contributed by atoms with Gasteiger partial charge in [0.25, 0.3) is 0 Å². The molecule has 11 N–H and O–H groups in total. The molecular weight excluding hydrogens is 1220 g/mol. The molecule has 0 bridgehead atoms. The molecular formula is C60H94O29S. The van der Waals surface area contributed by atoms with Gasteiger partial charge in [0.15, 0.2) is 31.5 Å². The molecule has 4 aliphatic carbocycles. The molecule has 6 heterocycles. The minimum atomic E-state index is -5.26. The highest BCUT2D eigenvalue weighted by Gasteiger charge is 2.79. The Morgan fingerprint density at radius 1 is 0.700 bits per heavy atom. The number of esters is 2. The molecule has 31 atom stereocenters. The number of aliphatic hydroxyl groups excluding tert-OH is 10. The molecule has 90 heavy (non-hydrogen) atoms. The molecule has 2 unspecified atom stereocenters. The summed E-state index contributed by atoms with van der Waals surface area (Å²) in [5, 5.41) is 111. The van der Waals surface area contributed by atoms with Gasteiger partial charge in [-0.15, -0.1) is 6.58 Å². The summed E-state index contributed by atoms with van der Waals surface area (Å²) in [6, 6.07) is 0. The average Bonchev–Trinajstić information content (AvgIpc) is 1.46. The van der Waals surface area contributed by atoms with Crippen LogP contribution < -0.4 is 0 Å². The zero-order valence-corrected chi connectivity index (χ0v) is 53.1. The molecule has 10 rings (SSSR count). The van der Waals surface area contributed by atoms with E-state index < -0.39 is 212 Å². The number of allylic oxidation sites excluding steroid dienone is 3. The van der Waals surface area contributed by atoms with E-state index in [1.165, 1.54) is 21.0 Å². The first-order valence-electron chi connectivity index (χ1n) is 31.3. The fraction of sp³-hybridized carbons (Fsp3) is 0.900. The van der Waals surface area contributed by atoms with Gasteiger partial charge in [-0.25, -0.2) is 4.18 Å². The second kappa shape index (κ2) is 26.5. The zero-order chi connectivity index (χ0) is 65.7. The summed E-state index contributed by atoms with van der Waals surface area (Å²) in [5.41, 5.74) is -1.45. The zero-order valence-electron chi connectivity index (χ0n) is 52.2. The summed E-state index contributed by atoms with van der Waals surface area (Å²) in [4.78, 5) is 27.6. The van der Waals surface area contributed by atoms with Crippen molar-refractivity contribution in [2.45, 2.75) is 266 Å². The minimum absolute atomic E-state index is 0.00764. The first kappa shape index (κ1) is 70.3. The lowest BCUT2D eigenvalue weighted by atomic mass is 9.41.